The Labute approximate surface area is 240 Å². The molecule has 5 aromatic rings. The molecule has 2 heterocycles. The van der Waals surface area contributed by atoms with Crippen LogP contribution in [0.3, 0.4) is 0 Å². The Hall–Kier alpha value is -5.31. The van der Waals surface area contributed by atoms with Crippen molar-refractivity contribution in [3.05, 3.63) is 107 Å². The van der Waals surface area contributed by atoms with Gasteiger partial charge in [-0.25, -0.2) is 13.8 Å². The zero-order chi connectivity index (χ0) is 30.7. The van der Waals surface area contributed by atoms with E-state index in [1.165, 1.54) is 18.3 Å². The number of halogens is 6. The summed E-state index contributed by atoms with van der Waals surface area (Å²) < 4.78 is 101. The second-order valence-corrected chi connectivity index (χ2v) is 9.09. The summed E-state index contributed by atoms with van der Waals surface area (Å²) in [6.07, 6.45) is -3.82. The predicted molar refractivity (Wildman–Crippen MR) is 143 cm³/mol. The molecule has 0 bridgehead atoms. The van der Waals surface area contributed by atoms with Crippen molar-refractivity contribution < 1.29 is 40.6 Å². The minimum atomic E-state index is -5.11. The molecule has 0 unspecified atom stereocenters. The fourth-order valence-corrected chi connectivity index (χ4v) is 4.37. The molecule has 0 N–H and O–H groups in total. The molecular formula is C31H19F6N3O3. The quantitative estimate of drug-likeness (QED) is 0.169. The topological polar surface area (TPSA) is 77.3 Å². The van der Waals surface area contributed by atoms with E-state index in [-0.39, 0.29) is 35.6 Å². The molecule has 2 aromatic heterocycles. The number of nitrogens with zero attached hydrogens (tertiary/aromatic N) is 3. The Bertz CT molecular complexity index is 1860. The maximum absolute atomic E-state index is 14.9. The minimum Gasteiger partial charge on any atom is -0.490 e. The van der Waals surface area contributed by atoms with Gasteiger partial charge in [0.2, 0.25) is 11.6 Å². The summed E-state index contributed by atoms with van der Waals surface area (Å²) in [6, 6.07) is 16.6. The largest absolute Gasteiger partial charge is 0.490 e. The number of fused-ring (bicyclic) bond motifs is 1. The van der Waals surface area contributed by atoms with Crippen molar-refractivity contribution in [2.75, 3.05) is 7.11 Å². The number of rotatable bonds is 8. The van der Waals surface area contributed by atoms with Gasteiger partial charge in [-0.1, -0.05) is 30.3 Å². The Balaban J connectivity index is 1.72. The molecule has 3 aromatic carbocycles. The number of methoxy groups -OCH3 is 1. The third kappa shape index (κ3) is 6.01. The molecule has 0 atom stereocenters. The van der Waals surface area contributed by atoms with Gasteiger partial charge in [0.05, 0.1) is 47.5 Å². The number of nitriles is 1. The molecule has 5 rings (SSSR count). The average molecular weight is 595 g/mol. The number of benzene rings is 3. The van der Waals surface area contributed by atoms with E-state index in [0.717, 1.165) is 18.7 Å². The summed E-state index contributed by atoms with van der Waals surface area (Å²) >= 11 is 0. The van der Waals surface area contributed by atoms with Crippen molar-refractivity contribution in [1.29, 1.82) is 5.26 Å². The lowest BCUT2D eigenvalue weighted by molar-refractivity contribution is -0.140. The second-order valence-electron chi connectivity index (χ2n) is 9.09. The van der Waals surface area contributed by atoms with E-state index in [1.807, 2.05) is 24.3 Å². The SMILES string of the molecule is COc1c(Oc2cc(C(F)(F)F)c(F)cc2-c2cc(OCc3ccccc3)c3c(CC#N)nccc3n2)ccc(F)c1F. The first-order valence-corrected chi connectivity index (χ1v) is 12.5. The van der Waals surface area contributed by atoms with Crippen LogP contribution in [0.25, 0.3) is 22.2 Å². The van der Waals surface area contributed by atoms with E-state index < -0.39 is 46.4 Å². The van der Waals surface area contributed by atoms with Gasteiger partial charge in [-0.05, 0) is 35.9 Å². The normalized spacial score (nSPS) is 11.3. The lowest BCUT2D eigenvalue weighted by Gasteiger charge is -2.18. The van der Waals surface area contributed by atoms with Crippen molar-refractivity contribution in [2.24, 2.45) is 0 Å². The minimum absolute atomic E-state index is 0.0665. The van der Waals surface area contributed by atoms with E-state index >= 15 is 0 Å². The van der Waals surface area contributed by atoms with Gasteiger partial charge in [-0.3, -0.25) is 4.98 Å². The Morgan fingerprint density at radius 1 is 0.884 bits per heavy atom. The summed E-state index contributed by atoms with van der Waals surface area (Å²) in [5.74, 6) is -5.93. The number of aromatic nitrogens is 2. The van der Waals surface area contributed by atoms with Gasteiger partial charge in [0.25, 0.3) is 0 Å². The molecule has 0 aliphatic heterocycles. The smallest absolute Gasteiger partial charge is 0.419 e. The molecular weight excluding hydrogens is 576 g/mol. The number of hydrogen-bond acceptors (Lipinski definition) is 6. The van der Waals surface area contributed by atoms with Crippen LogP contribution in [0.15, 0.2) is 72.9 Å². The first kappa shape index (κ1) is 29.2. The molecule has 43 heavy (non-hydrogen) atoms. The highest BCUT2D eigenvalue weighted by Crippen LogP contribution is 2.44. The van der Waals surface area contributed by atoms with Crippen LogP contribution >= 0.6 is 0 Å². The molecule has 0 aliphatic rings. The monoisotopic (exact) mass is 595 g/mol. The molecule has 12 heteroatoms. The lowest BCUT2D eigenvalue weighted by atomic mass is 10.0. The first-order chi connectivity index (χ1) is 20.6. The van der Waals surface area contributed by atoms with Crippen LogP contribution in [0.4, 0.5) is 26.3 Å². The van der Waals surface area contributed by atoms with Crippen LogP contribution < -0.4 is 14.2 Å². The van der Waals surface area contributed by atoms with Gasteiger partial charge in [0, 0.05) is 17.8 Å². The van der Waals surface area contributed by atoms with Crippen LogP contribution in [-0.2, 0) is 19.2 Å². The molecule has 0 fully saturated rings. The number of alkyl halides is 3. The Kier molecular flexibility index (Phi) is 8.07. The van der Waals surface area contributed by atoms with E-state index in [1.54, 1.807) is 12.1 Å². The van der Waals surface area contributed by atoms with Crippen LogP contribution in [0.5, 0.6) is 23.0 Å². The molecule has 0 spiro atoms. The maximum Gasteiger partial charge on any atom is 0.419 e. The maximum atomic E-state index is 14.9. The molecule has 0 amide bonds. The molecule has 0 saturated heterocycles. The zero-order valence-electron chi connectivity index (χ0n) is 22.2. The highest BCUT2D eigenvalue weighted by atomic mass is 19.4. The number of ether oxygens (including phenoxy) is 3. The highest BCUT2D eigenvalue weighted by molar-refractivity contribution is 5.90. The van der Waals surface area contributed by atoms with Crippen LogP contribution in [0.2, 0.25) is 0 Å². The molecule has 0 saturated carbocycles. The third-order valence-corrected chi connectivity index (χ3v) is 6.33. The van der Waals surface area contributed by atoms with Crippen molar-refractivity contribution in [3.8, 4) is 40.3 Å². The van der Waals surface area contributed by atoms with E-state index in [0.29, 0.717) is 29.3 Å². The molecule has 6 nitrogen and oxygen atoms in total. The first-order valence-electron chi connectivity index (χ1n) is 12.5. The zero-order valence-corrected chi connectivity index (χ0v) is 22.2. The number of pyridine rings is 2. The van der Waals surface area contributed by atoms with E-state index in [9.17, 15) is 31.6 Å². The van der Waals surface area contributed by atoms with Gasteiger partial charge in [0.1, 0.15) is 23.9 Å². The summed E-state index contributed by atoms with van der Waals surface area (Å²) in [5.41, 5.74) is -0.623. The Morgan fingerprint density at radius 2 is 1.65 bits per heavy atom. The van der Waals surface area contributed by atoms with Crippen molar-refractivity contribution in [1.82, 2.24) is 9.97 Å². The summed E-state index contributed by atoms with van der Waals surface area (Å²) in [6.45, 7) is 0.0665. The van der Waals surface area contributed by atoms with Gasteiger partial charge in [-0.15, -0.1) is 0 Å². The van der Waals surface area contributed by atoms with Gasteiger partial charge in [-0.2, -0.15) is 22.8 Å². The summed E-state index contributed by atoms with van der Waals surface area (Å²) in [4.78, 5) is 8.73. The lowest BCUT2D eigenvalue weighted by Crippen LogP contribution is -2.09. The van der Waals surface area contributed by atoms with Gasteiger partial charge in [0.15, 0.2) is 11.6 Å². The fraction of sp³-hybridized carbons (Fsp3) is 0.129. The number of hydrogen-bond donors (Lipinski definition) is 0. The molecule has 0 aliphatic carbocycles. The molecule has 218 valence electrons. The van der Waals surface area contributed by atoms with Crippen molar-refractivity contribution >= 4 is 10.9 Å². The predicted octanol–water partition coefficient (Wildman–Crippen LogP) is 8.18. The standard InChI is InChI=1S/C31H19F6N3O3/c1-41-30-25(8-7-20(32)29(30)34)43-26-14-19(31(35,36)37)21(33)13-18(26)24-15-27(42-16-17-5-3-2-4-6-17)28-22(9-11-38)39-12-10-23(28)40-24/h2-8,10,12-15H,9,16H2,1H3. The second kappa shape index (κ2) is 11.9. The van der Waals surface area contributed by atoms with Crippen molar-refractivity contribution in [2.45, 2.75) is 19.2 Å². The van der Waals surface area contributed by atoms with Gasteiger partial charge < -0.3 is 14.2 Å². The summed E-state index contributed by atoms with van der Waals surface area (Å²) in [7, 11) is 1.02. The molecule has 0 radical (unpaired) electrons. The van der Waals surface area contributed by atoms with Crippen LogP contribution in [-0.4, -0.2) is 17.1 Å². The average Bonchev–Trinajstić information content (AvgIpc) is 2.98. The van der Waals surface area contributed by atoms with E-state index in [4.69, 9.17) is 14.2 Å². The van der Waals surface area contributed by atoms with Crippen molar-refractivity contribution in [3.63, 3.8) is 0 Å². The highest BCUT2D eigenvalue weighted by Gasteiger charge is 2.36. The summed E-state index contributed by atoms with van der Waals surface area (Å²) in [5, 5.41) is 9.70. The van der Waals surface area contributed by atoms with Gasteiger partial charge >= 0.3 is 6.18 Å². The van der Waals surface area contributed by atoms with Crippen LogP contribution in [0.1, 0.15) is 16.8 Å². The van der Waals surface area contributed by atoms with E-state index in [2.05, 4.69) is 9.97 Å². The van der Waals surface area contributed by atoms with Crippen LogP contribution in [0, 0.1) is 28.8 Å². The Morgan fingerprint density at radius 3 is 2.35 bits per heavy atom. The third-order valence-electron chi connectivity index (χ3n) is 6.33. The fourth-order valence-electron chi connectivity index (χ4n) is 4.37.